The summed E-state index contributed by atoms with van der Waals surface area (Å²) in [6.07, 6.45) is 0.645. The Labute approximate surface area is 112 Å². The molecule has 2 rings (SSSR count). The van der Waals surface area contributed by atoms with Gasteiger partial charge in [0, 0.05) is 13.5 Å². The van der Waals surface area contributed by atoms with Gasteiger partial charge in [0.15, 0.2) is 5.82 Å². The van der Waals surface area contributed by atoms with Crippen LogP contribution in [0.1, 0.15) is 34.4 Å². The van der Waals surface area contributed by atoms with Gasteiger partial charge in [0.1, 0.15) is 6.04 Å². The summed E-state index contributed by atoms with van der Waals surface area (Å²) >= 11 is 0. The molecule has 0 fully saturated rings. The van der Waals surface area contributed by atoms with Crippen LogP contribution < -0.4 is 5.73 Å². The standard InChI is InChI=1S/C14H19N3O2/c1-9-4-10(2)6-11(5-9)7-13-16-14(19-17-13)12(15)8-18-3/h4-6,12H,7-8,15H2,1-3H3. The Kier molecular flexibility index (Phi) is 4.29. The van der Waals surface area contributed by atoms with E-state index in [1.165, 1.54) is 16.7 Å². The Morgan fingerprint density at radius 3 is 2.58 bits per heavy atom. The summed E-state index contributed by atoms with van der Waals surface area (Å²) in [6.45, 7) is 4.52. The predicted molar refractivity (Wildman–Crippen MR) is 71.8 cm³/mol. The van der Waals surface area contributed by atoms with Gasteiger partial charge in [-0.15, -0.1) is 0 Å². The van der Waals surface area contributed by atoms with Crippen LogP contribution in [-0.2, 0) is 11.2 Å². The first kappa shape index (κ1) is 13.7. The van der Waals surface area contributed by atoms with Crippen molar-refractivity contribution in [3.8, 4) is 0 Å². The normalized spacial score (nSPS) is 12.6. The zero-order valence-corrected chi connectivity index (χ0v) is 11.5. The lowest BCUT2D eigenvalue weighted by atomic mass is 10.1. The van der Waals surface area contributed by atoms with E-state index < -0.39 is 0 Å². The molecule has 2 aromatic rings. The van der Waals surface area contributed by atoms with E-state index in [9.17, 15) is 0 Å². The van der Waals surface area contributed by atoms with Crippen molar-refractivity contribution in [1.82, 2.24) is 10.1 Å². The molecule has 5 heteroatoms. The van der Waals surface area contributed by atoms with Gasteiger partial charge in [0.25, 0.3) is 0 Å². The van der Waals surface area contributed by atoms with Gasteiger partial charge >= 0.3 is 0 Å². The minimum absolute atomic E-state index is 0.366. The summed E-state index contributed by atoms with van der Waals surface area (Å²) < 4.78 is 10.1. The number of hydrogen-bond donors (Lipinski definition) is 1. The van der Waals surface area contributed by atoms with Crippen LogP contribution in [0.2, 0.25) is 0 Å². The summed E-state index contributed by atoms with van der Waals surface area (Å²) in [5.74, 6) is 1.06. The number of aryl methyl sites for hydroxylation is 2. The molecule has 0 radical (unpaired) electrons. The minimum atomic E-state index is -0.370. The summed E-state index contributed by atoms with van der Waals surface area (Å²) in [5, 5.41) is 3.95. The number of benzene rings is 1. The molecule has 0 aliphatic rings. The summed E-state index contributed by atoms with van der Waals surface area (Å²) in [4.78, 5) is 4.30. The molecule has 102 valence electrons. The molecular weight excluding hydrogens is 242 g/mol. The third kappa shape index (κ3) is 3.62. The van der Waals surface area contributed by atoms with Crippen molar-refractivity contribution in [2.24, 2.45) is 5.73 Å². The van der Waals surface area contributed by atoms with E-state index in [4.69, 9.17) is 15.0 Å². The average Bonchev–Trinajstić information content (AvgIpc) is 2.76. The number of hydrogen-bond acceptors (Lipinski definition) is 5. The van der Waals surface area contributed by atoms with Gasteiger partial charge in [-0.3, -0.25) is 0 Å². The molecule has 19 heavy (non-hydrogen) atoms. The first-order valence-electron chi connectivity index (χ1n) is 6.22. The van der Waals surface area contributed by atoms with Crippen molar-refractivity contribution in [3.63, 3.8) is 0 Å². The Morgan fingerprint density at radius 2 is 1.95 bits per heavy atom. The highest BCUT2D eigenvalue weighted by Gasteiger charge is 2.14. The van der Waals surface area contributed by atoms with E-state index in [0.29, 0.717) is 24.7 Å². The topological polar surface area (TPSA) is 74.2 Å². The lowest BCUT2D eigenvalue weighted by Gasteiger charge is -2.03. The second-order valence-corrected chi connectivity index (χ2v) is 4.78. The molecule has 1 heterocycles. The van der Waals surface area contributed by atoms with Gasteiger partial charge in [-0.2, -0.15) is 4.98 Å². The van der Waals surface area contributed by atoms with Crippen LogP contribution in [0.25, 0.3) is 0 Å². The number of aromatic nitrogens is 2. The van der Waals surface area contributed by atoms with Crippen molar-refractivity contribution in [2.75, 3.05) is 13.7 Å². The molecule has 1 unspecified atom stereocenters. The van der Waals surface area contributed by atoms with Crippen molar-refractivity contribution in [3.05, 3.63) is 46.6 Å². The van der Waals surface area contributed by atoms with Gasteiger partial charge < -0.3 is 15.0 Å². The van der Waals surface area contributed by atoms with Crippen molar-refractivity contribution in [2.45, 2.75) is 26.3 Å². The Bertz CT molecular complexity index is 531. The maximum absolute atomic E-state index is 5.84. The van der Waals surface area contributed by atoms with Gasteiger partial charge in [-0.1, -0.05) is 34.5 Å². The molecule has 0 spiro atoms. The fraction of sp³-hybridized carbons (Fsp3) is 0.429. The molecule has 0 saturated carbocycles. The monoisotopic (exact) mass is 261 g/mol. The van der Waals surface area contributed by atoms with E-state index in [1.807, 2.05) is 0 Å². The quantitative estimate of drug-likeness (QED) is 0.890. The lowest BCUT2D eigenvalue weighted by Crippen LogP contribution is -2.16. The zero-order chi connectivity index (χ0) is 13.8. The number of nitrogens with two attached hydrogens (primary N) is 1. The molecule has 0 aliphatic heterocycles. The summed E-state index contributed by atoms with van der Waals surface area (Å²) in [7, 11) is 1.59. The van der Waals surface area contributed by atoms with Crippen LogP contribution in [0.4, 0.5) is 0 Å². The molecular formula is C14H19N3O2. The third-order valence-electron chi connectivity index (χ3n) is 2.79. The SMILES string of the molecule is COCC(N)c1nc(Cc2cc(C)cc(C)c2)no1. The average molecular weight is 261 g/mol. The molecule has 0 saturated heterocycles. The minimum Gasteiger partial charge on any atom is -0.383 e. The fourth-order valence-electron chi connectivity index (χ4n) is 2.09. The van der Waals surface area contributed by atoms with Crippen molar-refractivity contribution in [1.29, 1.82) is 0 Å². The van der Waals surface area contributed by atoms with Crippen LogP contribution in [0.3, 0.4) is 0 Å². The molecule has 0 aliphatic carbocycles. The number of methoxy groups -OCH3 is 1. The maximum Gasteiger partial charge on any atom is 0.245 e. The van der Waals surface area contributed by atoms with Gasteiger partial charge in [-0.25, -0.2) is 0 Å². The molecule has 0 bridgehead atoms. The Morgan fingerprint density at radius 1 is 1.26 bits per heavy atom. The molecule has 5 nitrogen and oxygen atoms in total. The smallest absolute Gasteiger partial charge is 0.245 e. The van der Waals surface area contributed by atoms with Crippen LogP contribution in [0.15, 0.2) is 22.7 Å². The first-order chi connectivity index (χ1) is 9.08. The zero-order valence-electron chi connectivity index (χ0n) is 11.5. The summed E-state index contributed by atoms with van der Waals surface area (Å²) in [5.41, 5.74) is 9.47. The molecule has 1 aromatic heterocycles. The fourth-order valence-corrected chi connectivity index (χ4v) is 2.09. The second kappa shape index (κ2) is 5.95. The Balaban J connectivity index is 2.11. The maximum atomic E-state index is 5.84. The molecule has 1 atom stereocenters. The molecule has 2 N–H and O–H groups in total. The predicted octanol–water partition coefficient (Wildman–Crippen LogP) is 1.92. The first-order valence-corrected chi connectivity index (χ1v) is 6.22. The molecule has 1 aromatic carbocycles. The van der Waals surface area contributed by atoms with Crippen molar-refractivity contribution >= 4 is 0 Å². The Hall–Kier alpha value is -1.72. The van der Waals surface area contributed by atoms with Gasteiger partial charge in [0.05, 0.1) is 6.61 Å². The number of nitrogens with zero attached hydrogens (tertiary/aromatic N) is 2. The van der Waals surface area contributed by atoms with Crippen LogP contribution in [-0.4, -0.2) is 23.9 Å². The van der Waals surface area contributed by atoms with E-state index in [0.717, 1.165) is 0 Å². The third-order valence-corrected chi connectivity index (χ3v) is 2.79. The van der Waals surface area contributed by atoms with Crippen molar-refractivity contribution < 1.29 is 9.26 Å². The summed E-state index contributed by atoms with van der Waals surface area (Å²) in [6, 6.07) is 6.01. The van der Waals surface area contributed by atoms with E-state index in [1.54, 1.807) is 7.11 Å². The number of ether oxygens (including phenoxy) is 1. The highest BCUT2D eigenvalue weighted by molar-refractivity contribution is 5.30. The van der Waals surface area contributed by atoms with Crippen LogP contribution >= 0.6 is 0 Å². The van der Waals surface area contributed by atoms with Crippen LogP contribution in [0, 0.1) is 13.8 Å². The largest absolute Gasteiger partial charge is 0.383 e. The van der Waals surface area contributed by atoms with Crippen LogP contribution in [0.5, 0.6) is 0 Å². The molecule has 0 amide bonds. The number of rotatable bonds is 5. The lowest BCUT2D eigenvalue weighted by molar-refractivity contribution is 0.166. The van der Waals surface area contributed by atoms with Gasteiger partial charge in [-0.05, 0) is 19.4 Å². The second-order valence-electron chi connectivity index (χ2n) is 4.78. The highest BCUT2D eigenvalue weighted by atomic mass is 16.5. The highest BCUT2D eigenvalue weighted by Crippen LogP contribution is 2.14. The van der Waals surface area contributed by atoms with E-state index in [2.05, 4.69) is 42.2 Å². The van der Waals surface area contributed by atoms with Gasteiger partial charge in [0.2, 0.25) is 5.89 Å². The van der Waals surface area contributed by atoms with E-state index >= 15 is 0 Å². The van der Waals surface area contributed by atoms with E-state index in [-0.39, 0.29) is 6.04 Å².